The van der Waals surface area contributed by atoms with E-state index in [1.807, 2.05) is 22.6 Å². The van der Waals surface area contributed by atoms with E-state index in [1.54, 1.807) is 6.07 Å². The highest BCUT2D eigenvalue weighted by atomic mass is 127. The lowest BCUT2D eigenvalue weighted by atomic mass is 10.3. The van der Waals surface area contributed by atoms with E-state index in [0.29, 0.717) is 5.69 Å². The summed E-state index contributed by atoms with van der Waals surface area (Å²) in [6.07, 6.45) is 0. The van der Waals surface area contributed by atoms with Crippen LogP contribution in [0.1, 0.15) is 0 Å². The highest BCUT2D eigenvalue weighted by Crippen LogP contribution is 2.16. The van der Waals surface area contributed by atoms with Crippen molar-refractivity contribution in [2.24, 2.45) is 5.14 Å². The molecule has 1 rings (SSSR count). The molecule has 0 heterocycles. The van der Waals surface area contributed by atoms with E-state index in [-0.39, 0.29) is 4.90 Å². The molecule has 0 bridgehead atoms. The zero-order valence-corrected chi connectivity index (χ0v) is 8.96. The fourth-order valence-corrected chi connectivity index (χ4v) is 2.25. The second kappa shape index (κ2) is 3.19. The van der Waals surface area contributed by atoms with Crippen molar-refractivity contribution >= 4 is 38.3 Å². The number of primary sulfonamides is 1. The predicted molar refractivity (Wildman–Crippen MR) is 54.9 cm³/mol. The Labute approximate surface area is 84.1 Å². The third-order valence-corrected chi connectivity index (χ3v) is 2.74. The lowest BCUT2D eigenvalue weighted by Gasteiger charge is -2.00. The second-order valence-corrected chi connectivity index (χ2v) is 5.07. The topological polar surface area (TPSA) is 86.2 Å². The van der Waals surface area contributed by atoms with Gasteiger partial charge in [0, 0.05) is 9.26 Å². The minimum Gasteiger partial charge on any atom is -0.399 e. The summed E-state index contributed by atoms with van der Waals surface area (Å²) in [5, 5.41) is 4.91. The Bertz CT molecular complexity index is 382. The Morgan fingerprint density at radius 1 is 1.25 bits per heavy atom. The van der Waals surface area contributed by atoms with Crippen molar-refractivity contribution in [3.05, 3.63) is 21.8 Å². The second-order valence-electron chi connectivity index (χ2n) is 2.27. The fourth-order valence-electron chi connectivity index (χ4n) is 0.749. The van der Waals surface area contributed by atoms with E-state index >= 15 is 0 Å². The quantitative estimate of drug-likeness (QED) is 0.585. The molecule has 1 aromatic rings. The number of hydrogen-bond acceptors (Lipinski definition) is 3. The van der Waals surface area contributed by atoms with E-state index in [4.69, 9.17) is 10.9 Å². The first-order valence-electron chi connectivity index (χ1n) is 2.98. The average Bonchev–Trinajstić information content (AvgIpc) is 1.82. The third-order valence-electron chi connectivity index (χ3n) is 1.22. The number of nitrogens with two attached hydrogens (primary N) is 2. The molecule has 66 valence electrons. The summed E-state index contributed by atoms with van der Waals surface area (Å²) in [5.41, 5.74) is 5.83. The van der Waals surface area contributed by atoms with Crippen molar-refractivity contribution in [2.45, 2.75) is 4.90 Å². The highest BCUT2D eigenvalue weighted by Gasteiger charge is 2.08. The molecule has 12 heavy (non-hydrogen) atoms. The van der Waals surface area contributed by atoms with Crippen LogP contribution in [0.3, 0.4) is 0 Å². The first-order valence-corrected chi connectivity index (χ1v) is 5.61. The van der Waals surface area contributed by atoms with Crippen LogP contribution in [0.25, 0.3) is 0 Å². The van der Waals surface area contributed by atoms with E-state index in [0.717, 1.165) is 3.57 Å². The molecule has 0 aliphatic rings. The van der Waals surface area contributed by atoms with Crippen LogP contribution in [-0.2, 0) is 10.0 Å². The molecule has 0 aliphatic carbocycles. The van der Waals surface area contributed by atoms with Gasteiger partial charge in [-0.3, -0.25) is 0 Å². The molecule has 6 heteroatoms. The number of anilines is 1. The molecular formula is C6H7IN2O2S. The molecule has 4 nitrogen and oxygen atoms in total. The van der Waals surface area contributed by atoms with Crippen molar-refractivity contribution in [1.29, 1.82) is 0 Å². The van der Waals surface area contributed by atoms with Crippen molar-refractivity contribution in [2.75, 3.05) is 5.73 Å². The van der Waals surface area contributed by atoms with Crippen molar-refractivity contribution < 1.29 is 8.42 Å². The molecule has 0 saturated heterocycles. The number of hydrogen-bond donors (Lipinski definition) is 2. The Morgan fingerprint density at radius 3 is 2.25 bits per heavy atom. The molecule has 1 aromatic carbocycles. The summed E-state index contributed by atoms with van der Waals surface area (Å²) in [5.74, 6) is 0. The van der Waals surface area contributed by atoms with Gasteiger partial charge in [-0.2, -0.15) is 0 Å². The van der Waals surface area contributed by atoms with Gasteiger partial charge in [-0.1, -0.05) is 0 Å². The number of nitrogen functional groups attached to an aromatic ring is 1. The standard InChI is InChI=1S/C6H7IN2O2S/c7-4-1-5(8)3-6(2-4)12(9,10)11/h1-3H,8H2,(H2,9,10,11). The van der Waals surface area contributed by atoms with Crippen LogP contribution in [0, 0.1) is 3.57 Å². The molecule has 0 radical (unpaired) electrons. The van der Waals surface area contributed by atoms with E-state index in [1.165, 1.54) is 12.1 Å². The smallest absolute Gasteiger partial charge is 0.238 e. The van der Waals surface area contributed by atoms with Crippen LogP contribution in [0.5, 0.6) is 0 Å². The Morgan fingerprint density at radius 2 is 1.83 bits per heavy atom. The lowest BCUT2D eigenvalue weighted by molar-refractivity contribution is 0.598. The van der Waals surface area contributed by atoms with Crippen LogP contribution >= 0.6 is 22.6 Å². The summed E-state index contributed by atoms with van der Waals surface area (Å²) in [4.78, 5) is 0.0481. The Balaban J connectivity index is 3.37. The zero-order chi connectivity index (χ0) is 9.35. The summed E-state index contributed by atoms with van der Waals surface area (Å²) < 4.78 is 22.5. The zero-order valence-electron chi connectivity index (χ0n) is 5.99. The Kier molecular flexibility index (Phi) is 2.59. The maximum atomic E-state index is 10.9. The molecule has 0 aromatic heterocycles. The molecule has 0 amide bonds. The van der Waals surface area contributed by atoms with E-state index in [9.17, 15) is 8.42 Å². The third kappa shape index (κ3) is 2.32. The number of halogens is 1. The van der Waals surface area contributed by atoms with Gasteiger partial charge in [0.2, 0.25) is 10.0 Å². The molecule has 0 fully saturated rings. The largest absolute Gasteiger partial charge is 0.399 e. The summed E-state index contributed by atoms with van der Waals surface area (Å²) in [7, 11) is -3.63. The molecule has 4 N–H and O–H groups in total. The minimum atomic E-state index is -3.63. The minimum absolute atomic E-state index is 0.0481. The van der Waals surface area contributed by atoms with Gasteiger partial charge < -0.3 is 5.73 Å². The van der Waals surface area contributed by atoms with E-state index < -0.39 is 10.0 Å². The lowest BCUT2D eigenvalue weighted by Crippen LogP contribution is -2.12. The predicted octanol–water partition coefficient (Wildman–Crippen LogP) is 0.521. The summed E-state index contributed by atoms with van der Waals surface area (Å²) in [6.45, 7) is 0. The molecule has 0 aliphatic heterocycles. The SMILES string of the molecule is Nc1cc(I)cc(S(N)(=O)=O)c1. The molecular weight excluding hydrogens is 291 g/mol. The van der Waals surface area contributed by atoms with Crippen molar-refractivity contribution in [3.8, 4) is 0 Å². The van der Waals surface area contributed by atoms with Gasteiger partial charge in [-0.05, 0) is 40.8 Å². The number of sulfonamides is 1. The molecule has 0 unspecified atom stereocenters. The van der Waals surface area contributed by atoms with Gasteiger partial charge in [-0.15, -0.1) is 0 Å². The Hall–Kier alpha value is -0.340. The first kappa shape index (κ1) is 9.75. The number of rotatable bonds is 1. The maximum Gasteiger partial charge on any atom is 0.238 e. The normalized spacial score (nSPS) is 11.5. The van der Waals surface area contributed by atoms with Crippen LogP contribution < -0.4 is 10.9 Å². The fraction of sp³-hybridized carbons (Fsp3) is 0. The monoisotopic (exact) mass is 298 g/mol. The highest BCUT2D eigenvalue weighted by molar-refractivity contribution is 14.1. The van der Waals surface area contributed by atoms with Crippen LogP contribution in [0.4, 0.5) is 5.69 Å². The van der Waals surface area contributed by atoms with Crippen molar-refractivity contribution in [1.82, 2.24) is 0 Å². The maximum absolute atomic E-state index is 10.9. The van der Waals surface area contributed by atoms with Gasteiger partial charge in [0.05, 0.1) is 4.90 Å². The van der Waals surface area contributed by atoms with Crippen LogP contribution in [0.15, 0.2) is 23.1 Å². The van der Waals surface area contributed by atoms with Gasteiger partial charge >= 0.3 is 0 Å². The van der Waals surface area contributed by atoms with Gasteiger partial charge in [0.25, 0.3) is 0 Å². The van der Waals surface area contributed by atoms with Gasteiger partial charge in [0.1, 0.15) is 0 Å². The summed E-state index contributed by atoms with van der Waals surface area (Å²) in [6, 6.07) is 4.46. The molecule has 0 saturated carbocycles. The van der Waals surface area contributed by atoms with Gasteiger partial charge in [-0.25, -0.2) is 13.6 Å². The van der Waals surface area contributed by atoms with Crippen molar-refractivity contribution in [3.63, 3.8) is 0 Å². The molecule has 0 atom stereocenters. The number of benzene rings is 1. The van der Waals surface area contributed by atoms with Gasteiger partial charge in [0.15, 0.2) is 0 Å². The van der Waals surface area contributed by atoms with Crippen LogP contribution in [0.2, 0.25) is 0 Å². The van der Waals surface area contributed by atoms with Crippen LogP contribution in [-0.4, -0.2) is 8.42 Å². The van der Waals surface area contributed by atoms with E-state index in [2.05, 4.69) is 0 Å². The molecule has 0 spiro atoms. The average molecular weight is 298 g/mol. The summed E-state index contributed by atoms with van der Waals surface area (Å²) >= 11 is 1.97. The first-order chi connectivity index (χ1) is 5.39.